The average molecular weight is 389 g/mol. The highest BCUT2D eigenvalue weighted by molar-refractivity contribution is 5.77. The number of hydrogen-bond donors (Lipinski definition) is 0. The molecule has 3 saturated heterocycles. The molecule has 4 heterocycles. The molecule has 28 heavy (non-hydrogen) atoms. The minimum Gasteiger partial charge on any atom is -0.375 e. The molecule has 0 aliphatic carbocycles. The van der Waals surface area contributed by atoms with Crippen LogP contribution in [0, 0.1) is 0 Å². The zero-order chi connectivity index (χ0) is 19.4. The van der Waals surface area contributed by atoms with Gasteiger partial charge in [0.15, 0.2) is 0 Å². The number of likely N-dealkylation sites (tertiary alicyclic amines) is 1. The molecular weight excluding hydrogens is 356 g/mol. The monoisotopic (exact) mass is 388 g/mol. The van der Waals surface area contributed by atoms with E-state index in [9.17, 15) is 4.79 Å². The maximum atomic E-state index is 12.1. The molecule has 3 fully saturated rings. The molecule has 0 saturated carbocycles. The standard InChI is InChI=1S/C21H32N4O3/c1-27-17-20(26)25-9-6-21(7-10-25)16-18(5-15-28-21)23-11-13-24(14-12-23)19-4-2-3-8-22-19/h2-4,8,18H,5-7,9-17H2,1H3. The van der Waals surface area contributed by atoms with Crippen LogP contribution in [0.25, 0.3) is 0 Å². The van der Waals surface area contributed by atoms with Gasteiger partial charge in [0.25, 0.3) is 0 Å². The Hall–Kier alpha value is -1.70. The Morgan fingerprint density at radius 1 is 1.21 bits per heavy atom. The minimum absolute atomic E-state index is 0.0507. The van der Waals surface area contributed by atoms with Crippen molar-refractivity contribution in [2.45, 2.75) is 37.3 Å². The van der Waals surface area contributed by atoms with Crippen LogP contribution >= 0.6 is 0 Å². The molecule has 0 bridgehead atoms. The smallest absolute Gasteiger partial charge is 0.248 e. The molecule has 1 amide bonds. The molecule has 0 radical (unpaired) electrons. The number of piperidine rings is 1. The number of methoxy groups -OCH3 is 1. The van der Waals surface area contributed by atoms with Crippen molar-refractivity contribution in [2.75, 3.05) is 64.5 Å². The highest BCUT2D eigenvalue weighted by Gasteiger charge is 2.42. The number of piperazine rings is 1. The molecule has 1 unspecified atom stereocenters. The highest BCUT2D eigenvalue weighted by atomic mass is 16.5. The van der Waals surface area contributed by atoms with Gasteiger partial charge in [-0.15, -0.1) is 0 Å². The Morgan fingerprint density at radius 2 is 2.00 bits per heavy atom. The van der Waals surface area contributed by atoms with E-state index in [2.05, 4.69) is 26.9 Å². The second-order valence-corrected chi connectivity index (χ2v) is 8.20. The summed E-state index contributed by atoms with van der Waals surface area (Å²) in [5.41, 5.74) is -0.0507. The summed E-state index contributed by atoms with van der Waals surface area (Å²) in [6.07, 6.45) is 5.94. The van der Waals surface area contributed by atoms with Crippen molar-refractivity contribution in [3.8, 4) is 0 Å². The van der Waals surface area contributed by atoms with Crippen LogP contribution in [-0.4, -0.2) is 91.9 Å². The van der Waals surface area contributed by atoms with Crippen molar-refractivity contribution < 1.29 is 14.3 Å². The van der Waals surface area contributed by atoms with Crippen LogP contribution in [0.5, 0.6) is 0 Å². The van der Waals surface area contributed by atoms with Crippen molar-refractivity contribution in [3.63, 3.8) is 0 Å². The van der Waals surface area contributed by atoms with E-state index in [4.69, 9.17) is 9.47 Å². The fourth-order valence-corrected chi connectivity index (χ4v) is 4.90. The lowest BCUT2D eigenvalue weighted by Crippen LogP contribution is -2.57. The number of hydrogen-bond acceptors (Lipinski definition) is 6. The van der Waals surface area contributed by atoms with E-state index in [0.717, 1.165) is 77.4 Å². The quantitative estimate of drug-likeness (QED) is 0.777. The molecule has 1 atom stereocenters. The second-order valence-electron chi connectivity index (χ2n) is 8.20. The van der Waals surface area contributed by atoms with Crippen molar-refractivity contribution in [1.29, 1.82) is 0 Å². The number of ether oxygens (including phenoxy) is 2. The average Bonchev–Trinajstić information content (AvgIpc) is 2.75. The normalized spacial score (nSPS) is 25.8. The maximum Gasteiger partial charge on any atom is 0.248 e. The maximum absolute atomic E-state index is 12.1. The SMILES string of the molecule is COCC(=O)N1CCC2(CC1)CC(N1CCN(c3ccccn3)CC1)CCO2. The van der Waals surface area contributed by atoms with E-state index in [0.29, 0.717) is 6.04 Å². The number of carbonyl (C=O) groups excluding carboxylic acids is 1. The van der Waals surface area contributed by atoms with E-state index in [-0.39, 0.29) is 18.1 Å². The Bertz CT molecular complexity index is 640. The summed E-state index contributed by atoms with van der Waals surface area (Å²) < 4.78 is 11.3. The van der Waals surface area contributed by atoms with Crippen LogP contribution in [0.1, 0.15) is 25.7 Å². The first-order chi connectivity index (χ1) is 13.7. The first kappa shape index (κ1) is 19.6. The third kappa shape index (κ3) is 4.31. The lowest BCUT2D eigenvalue weighted by Gasteiger charge is -2.49. The van der Waals surface area contributed by atoms with Gasteiger partial charge in [-0.1, -0.05) is 6.07 Å². The number of pyridine rings is 1. The highest BCUT2D eigenvalue weighted by Crippen LogP contribution is 2.37. The van der Waals surface area contributed by atoms with Gasteiger partial charge in [-0.3, -0.25) is 9.69 Å². The summed E-state index contributed by atoms with van der Waals surface area (Å²) in [6, 6.07) is 6.70. The van der Waals surface area contributed by atoms with Gasteiger partial charge >= 0.3 is 0 Å². The summed E-state index contributed by atoms with van der Waals surface area (Å²) in [7, 11) is 1.58. The Morgan fingerprint density at radius 3 is 2.68 bits per heavy atom. The first-order valence-electron chi connectivity index (χ1n) is 10.5. The third-order valence-corrected chi connectivity index (χ3v) is 6.57. The van der Waals surface area contributed by atoms with E-state index in [1.165, 1.54) is 0 Å². The van der Waals surface area contributed by atoms with Crippen molar-refractivity contribution in [2.24, 2.45) is 0 Å². The zero-order valence-corrected chi connectivity index (χ0v) is 16.9. The van der Waals surface area contributed by atoms with Crippen LogP contribution in [0.3, 0.4) is 0 Å². The van der Waals surface area contributed by atoms with Gasteiger partial charge in [-0.05, 0) is 37.8 Å². The number of carbonyl (C=O) groups is 1. The number of aromatic nitrogens is 1. The lowest BCUT2D eigenvalue weighted by atomic mass is 9.81. The number of nitrogens with zero attached hydrogens (tertiary/aromatic N) is 4. The van der Waals surface area contributed by atoms with Crippen LogP contribution < -0.4 is 4.90 Å². The van der Waals surface area contributed by atoms with Gasteiger partial charge < -0.3 is 19.3 Å². The summed E-state index contributed by atoms with van der Waals surface area (Å²) in [5.74, 6) is 1.18. The Kier molecular flexibility index (Phi) is 6.13. The molecule has 7 heteroatoms. The largest absolute Gasteiger partial charge is 0.375 e. The molecule has 4 rings (SSSR count). The predicted molar refractivity (Wildman–Crippen MR) is 107 cm³/mol. The van der Waals surface area contributed by atoms with E-state index in [1.54, 1.807) is 7.11 Å². The van der Waals surface area contributed by atoms with Crippen molar-refractivity contribution in [3.05, 3.63) is 24.4 Å². The fourth-order valence-electron chi connectivity index (χ4n) is 4.90. The second kappa shape index (κ2) is 8.76. The van der Waals surface area contributed by atoms with Crippen LogP contribution in [0.4, 0.5) is 5.82 Å². The lowest BCUT2D eigenvalue weighted by molar-refractivity contribution is -0.151. The Labute approximate surface area is 167 Å². The van der Waals surface area contributed by atoms with Gasteiger partial charge in [0, 0.05) is 65.2 Å². The van der Waals surface area contributed by atoms with Crippen LogP contribution in [0.2, 0.25) is 0 Å². The van der Waals surface area contributed by atoms with Crippen molar-refractivity contribution in [1.82, 2.24) is 14.8 Å². The van der Waals surface area contributed by atoms with Gasteiger partial charge in [0.1, 0.15) is 12.4 Å². The minimum atomic E-state index is -0.0507. The van der Waals surface area contributed by atoms with E-state index < -0.39 is 0 Å². The Balaban J connectivity index is 1.30. The molecule has 0 N–H and O–H groups in total. The summed E-state index contributed by atoms with van der Waals surface area (Å²) >= 11 is 0. The number of anilines is 1. The number of rotatable bonds is 4. The summed E-state index contributed by atoms with van der Waals surface area (Å²) in [4.78, 5) is 23.5. The third-order valence-electron chi connectivity index (χ3n) is 6.57. The van der Waals surface area contributed by atoms with Gasteiger partial charge in [-0.25, -0.2) is 4.98 Å². The van der Waals surface area contributed by atoms with Crippen molar-refractivity contribution >= 4 is 11.7 Å². The van der Waals surface area contributed by atoms with Gasteiger partial charge in [0.2, 0.25) is 5.91 Å². The molecule has 3 aliphatic heterocycles. The predicted octanol–water partition coefficient (Wildman–Crippen LogP) is 1.39. The fraction of sp³-hybridized carbons (Fsp3) is 0.714. The summed E-state index contributed by atoms with van der Waals surface area (Å²) in [6.45, 7) is 6.78. The molecule has 0 aromatic carbocycles. The first-order valence-corrected chi connectivity index (χ1v) is 10.5. The number of amides is 1. The van der Waals surface area contributed by atoms with Gasteiger partial charge in [-0.2, -0.15) is 0 Å². The molecule has 3 aliphatic rings. The molecule has 154 valence electrons. The molecule has 1 spiro atoms. The molecular formula is C21H32N4O3. The van der Waals surface area contributed by atoms with Crippen LogP contribution in [0.15, 0.2) is 24.4 Å². The van der Waals surface area contributed by atoms with E-state index in [1.807, 2.05) is 17.2 Å². The van der Waals surface area contributed by atoms with E-state index >= 15 is 0 Å². The molecule has 1 aromatic heterocycles. The molecule has 7 nitrogen and oxygen atoms in total. The summed E-state index contributed by atoms with van der Waals surface area (Å²) in [5, 5.41) is 0. The molecule has 1 aromatic rings. The van der Waals surface area contributed by atoms with Crippen LogP contribution in [-0.2, 0) is 14.3 Å². The van der Waals surface area contributed by atoms with Gasteiger partial charge in [0.05, 0.1) is 5.60 Å². The zero-order valence-electron chi connectivity index (χ0n) is 16.9. The topological polar surface area (TPSA) is 58.1 Å².